The lowest BCUT2D eigenvalue weighted by molar-refractivity contribution is -0.160. The highest BCUT2D eigenvalue weighted by Gasteiger charge is 2.36. The zero-order valence-electron chi connectivity index (χ0n) is 21.1. The molecule has 1 aliphatic carbocycles. The van der Waals surface area contributed by atoms with Crippen molar-refractivity contribution >= 4 is 12.0 Å². The van der Waals surface area contributed by atoms with Gasteiger partial charge in [-0.1, -0.05) is 29.8 Å². The Morgan fingerprint density at radius 2 is 1.62 bits per heavy atom. The molecule has 182 valence electrons. The van der Waals surface area contributed by atoms with E-state index in [1.807, 2.05) is 70.7 Å². The van der Waals surface area contributed by atoms with Crippen LogP contribution < -0.4 is 5.32 Å². The van der Waals surface area contributed by atoms with Crippen molar-refractivity contribution in [1.82, 2.24) is 10.2 Å². The quantitative estimate of drug-likeness (QED) is 0.586. The highest BCUT2D eigenvalue weighted by Crippen LogP contribution is 2.43. The Hall–Kier alpha value is -2.86. The van der Waals surface area contributed by atoms with E-state index in [-0.39, 0.29) is 12.1 Å². The molecule has 0 spiro atoms. The summed E-state index contributed by atoms with van der Waals surface area (Å²) in [6, 6.07) is 8.39. The van der Waals surface area contributed by atoms with Crippen molar-refractivity contribution in [3.05, 3.63) is 57.6 Å². The number of carboxylic acid groups (broad SMARTS) is 1. The summed E-state index contributed by atoms with van der Waals surface area (Å²) >= 11 is 0. The van der Waals surface area contributed by atoms with Gasteiger partial charge in [0.2, 0.25) is 0 Å². The van der Waals surface area contributed by atoms with Crippen LogP contribution in [0.15, 0.2) is 24.3 Å². The van der Waals surface area contributed by atoms with E-state index >= 15 is 0 Å². The third-order valence-electron chi connectivity index (χ3n) is 7.03. The zero-order valence-corrected chi connectivity index (χ0v) is 21.1. The average Bonchev–Trinajstić information content (AvgIpc) is 3.18. The molecule has 0 unspecified atom stereocenters. The number of aliphatic carboxylic acids is 1. The fourth-order valence-corrected chi connectivity index (χ4v) is 4.99. The number of fused-ring (bicyclic) bond motifs is 1. The lowest BCUT2D eigenvalue weighted by atomic mass is 9.83. The van der Waals surface area contributed by atoms with Crippen molar-refractivity contribution in [3.8, 4) is 11.1 Å². The van der Waals surface area contributed by atoms with Gasteiger partial charge >= 0.3 is 12.0 Å². The van der Waals surface area contributed by atoms with Gasteiger partial charge in [0.25, 0.3) is 0 Å². The summed E-state index contributed by atoms with van der Waals surface area (Å²) in [6.07, 6.45) is 2.13. The number of carbonyl (C=O) groups excluding carboxylic acids is 1. The topological polar surface area (TPSA) is 78.9 Å². The maximum Gasteiger partial charge on any atom is 0.337 e. The summed E-state index contributed by atoms with van der Waals surface area (Å²) < 4.78 is 6.12. The number of nitrogens with zero attached hydrogens (tertiary/aromatic N) is 1. The molecule has 1 saturated carbocycles. The van der Waals surface area contributed by atoms with E-state index in [4.69, 9.17) is 4.74 Å². The Labute approximate surface area is 202 Å². The lowest BCUT2D eigenvalue weighted by Crippen LogP contribution is -2.45. The van der Waals surface area contributed by atoms with E-state index < -0.39 is 17.7 Å². The standard InChI is InChI=1S/C28H36N2O4/c1-16-10-12-19(13-11-16)23-17(2)21-14-30(27(33)29-20-8-7-9-20)15-22(21)18(3)24(23)25(26(31)32)34-28(4,5)6/h10-13,20,25H,7-9,14-15H2,1-6H3,(H,29,33)(H,31,32)/t25-/m0/s1. The van der Waals surface area contributed by atoms with E-state index in [1.54, 1.807) is 0 Å². The fraction of sp³-hybridized carbons (Fsp3) is 0.500. The van der Waals surface area contributed by atoms with Gasteiger partial charge in [-0.2, -0.15) is 0 Å². The fourth-order valence-electron chi connectivity index (χ4n) is 4.99. The molecule has 0 bridgehead atoms. The van der Waals surface area contributed by atoms with Crippen LogP contribution in [-0.2, 0) is 22.6 Å². The molecule has 1 atom stereocenters. The molecule has 2 aliphatic rings. The molecule has 4 rings (SSSR count). The maximum absolute atomic E-state index is 12.9. The minimum Gasteiger partial charge on any atom is -0.479 e. The van der Waals surface area contributed by atoms with Crippen molar-refractivity contribution in [3.63, 3.8) is 0 Å². The zero-order chi connectivity index (χ0) is 24.8. The van der Waals surface area contributed by atoms with E-state index in [1.165, 1.54) is 0 Å². The van der Waals surface area contributed by atoms with Crippen molar-refractivity contribution in [2.24, 2.45) is 0 Å². The molecular weight excluding hydrogens is 428 g/mol. The molecule has 2 N–H and O–H groups in total. The first-order chi connectivity index (χ1) is 16.0. The van der Waals surface area contributed by atoms with Crippen LogP contribution >= 0.6 is 0 Å². The van der Waals surface area contributed by atoms with E-state index in [9.17, 15) is 14.7 Å². The summed E-state index contributed by atoms with van der Waals surface area (Å²) in [5, 5.41) is 13.4. The second-order valence-electron chi connectivity index (χ2n) is 10.7. The largest absolute Gasteiger partial charge is 0.479 e. The second-order valence-corrected chi connectivity index (χ2v) is 10.7. The van der Waals surface area contributed by atoms with Crippen LogP contribution in [0.3, 0.4) is 0 Å². The Morgan fingerprint density at radius 3 is 2.12 bits per heavy atom. The van der Waals surface area contributed by atoms with Crippen molar-refractivity contribution in [2.45, 2.75) is 91.6 Å². The predicted octanol–water partition coefficient (Wildman–Crippen LogP) is 5.80. The number of carbonyl (C=O) groups is 2. The Morgan fingerprint density at radius 1 is 1.03 bits per heavy atom. The minimum absolute atomic E-state index is 0.0427. The van der Waals surface area contributed by atoms with Gasteiger partial charge in [0.15, 0.2) is 6.10 Å². The van der Waals surface area contributed by atoms with Gasteiger partial charge in [-0.15, -0.1) is 0 Å². The first-order valence-electron chi connectivity index (χ1n) is 12.1. The molecule has 2 aromatic rings. The summed E-state index contributed by atoms with van der Waals surface area (Å²) in [6.45, 7) is 12.7. The molecule has 1 heterocycles. The normalized spacial score (nSPS) is 16.7. The van der Waals surface area contributed by atoms with E-state index in [0.29, 0.717) is 18.7 Å². The molecule has 1 aliphatic heterocycles. The number of nitrogens with one attached hydrogen (secondary N) is 1. The number of benzene rings is 2. The van der Waals surface area contributed by atoms with Crippen LogP contribution in [0.1, 0.15) is 79.5 Å². The van der Waals surface area contributed by atoms with Gasteiger partial charge in [0.1, 0.15) is 0 Å². The number of aryl methyl sites for hydroxylation is 1. The number of amides is 2. The van der Waals surface area contributed by atoms with Gasteiger partial charge < -0.3 is 20.1 Å². The SMILES string of the molecule is Cc1ccc(-c2c(C)c3c(c(C)c2[C@H](OC(C)(C)C)C(=O)O)CN(C(=O)NC2CCC2)C3)cc1. The first-order valence-corrected chi connectivity index (χ1v) is 12.1. The lowest BCUT2D eigenvalue weighted by Gasteiger charge is -2.30. The number of carboxylic acids is 1. The Bertz CT molecular complexity index is 1110. The molecular formula is C28H36N2O4. The number of hydrogen-bond acceptors (Lipinski definition) is 3. The number of hydrogen-bond donors (Lipinski definition) is 2. The van der Waals surface area contributed by atoms with Gasteiger partial charge in [0.05, 0.1) is 5.60 Å². The highest BCUT2D eigenvalue weighted by atomic mass is 16.5. The third-order valence-corrected chi connectivity index (χ3v) is 7.03. The molecule has 6 nitrogen and oxygen atoms in total. The van der Waals surface area contributed by atoms with Crippen LogP contribution in [0.25, 0.3) is 11.1 Å². The van der Waals surface area contributed by atoms with Crippen LogP contribution in [0.4, 0.5) is 4.79 Å². The molecule has 0 aromatic heterocycles. The predicted molar refractivity (Wildman–Crippen MR) is 133 cm³/mol. The molecule has 2 aromatic carbocycles. The second kappa shape index (κ2) is 9.06. The molecule has 34 heavy (non-hydrogen) atoms. The Kier molecular flexibility index (Phi) is 6.47. The third kappa shape index (κ3) is 4.69. The van der Waals surface area contributed by atoms with Crippen LogP contribution in [0.5, 0.6) is 0 Å². The molecule has 2 amide bonds. The van der Waals surface area contributed by atoms with Crippen molar-refractivity contribution in [2.75, 3.05) is 0 Å². The van der Waals surface area contributed by atoms with Gasteiger partial charge in [0, 0.05) is 24.7 Å². The molecule has 0 saturated heterocycles. The summed E-state index contributed by atoms with van der Waals surface area (Å²) in [5.41, 5.74) is 7.11. The van der Waals surface area contributed by atoms with E-state index in [0.717, 1.165) is 58.2 Å². The summed E-state index contributed by atoms with van der Waals surface area (Å²) in [7, 11) is 0. The monoisotopic (exact) mass is 464 g/mol. The van der Waals surface area contributed by atoms with Crippen molar-refractivity contribution < 1.29 is 19.4 Å². The van der Waals surface area contributed by atoms with E-state index in [2.05, 4.69) is 5.32 Å². The van der Waals surface area contributed by atoms with Crippen LogP contribution in [0.2, 0.25) is 0 Å². The Balaban J connectivity index is 1.84. The van der Waals surface area contributed by atoms with Gasteiger partial charge in [-0.05, 0) is 94.2 Å². The highest BCUT2D eigenvalue weighted by molar-refractivity contribution is 5.85. The minimum atomic E-state index is -1.11. The van der Waals surface area contributed by atoms with Crippen molar-refractivity contribution in [1.29, 1.82) is 0 Å². The molecule has 0 radical (unpaired) electrons. The van der Waals surface area contributed by atoms with Gasteiger partial charge in [-0.3, -0.25) is 0 Å². The summed E-state index contributed by atoms with van der Waals surface area (Å²) in [5.74, 6) is -1.01. The number of ether oxygens (including phenoxy) is 1. The molecule has 6 heteroatoms. The van der Waals surface area contributed by atoms with Crippen LogP contribution in [0, 0.1) is 20.8 Å². The van der Waals surface area contributed by atoms with Gasteiger partial charge in [-0.25, -0.2) is 9.59 Å². The summed E-state index contributed by atoms with van der Waals surface area (Å²) in [4.78, 5) is 27.3. The first kappa shape index (κ1) is 24.3. The number of urea groups is 1. The average molecular weight is 465 g/mol. The smallest absolute Gasteiger partial charge is 0.337 e. The maximum atomic E-state index is 12.9. The van der Waals surface area contributed by atoms with Crippen LogP contribution in [-0.4, -0.2) is 33.6 Å². The number of rotatable bonds is 5. The molecule has 1 fully saturated rings.